The molecule has 7 heteroatoms. The van der Waals surface area contributed by atoms with Crippen LogP contribution in [-0.2, 0) is 0 Å². The number of nitrogens with zero attached hydrogens (tertiary/aromatic N) is 3. The summed E-state index contributed by atoms with van der Waals surface area (Å²) >= 11 is 3.07. The first-order valence-corrected chi connectivity index (χ1v) is 7.64. The number of fused-ring (bicyclic) bond motifs is 1. The summed E-state index contributed by atoms with van der Waals surface area (Å²) in [5, 5.41) is 3.89. The van der Waals surface area contributed by atoms with Gasteiger partial charge in [0.1, 0.15) is 11.6 Å². The Bertz CT molecular complexity index is 725. The number of rotatable bonds is 3. The molecule has 0 spiro atoms. The summed E-state index contributed by atoms with van der Waals surface area (Å²) in [5.74, 6) is 1.15. The lowest BCUT2D eigenvalue weighted by Crippen LogP contribution is -1.99. The maximum Gasteiger partial charge on any atom is 0.191 e. The van der Waals surface area contributed by atoms with E-state index in [2.05, 4.69) is 20.3 Å². The van der Waals surface area contributed by atoms with Crippen molar-refractivity contribution in [3.8, 4) is 0 Å². The van der Waals surface area contributed by atoms with Crippen LogP contribution in [0.25, 0.3) is 10.2 Å². The van der Waals surface area contributed by atoms with E-state index in [1.165, 1.54) is 11.8 Å². The van der Waals surface area contributed by atoms with Gasteiger partial charge in [-0.15, -0.1) is 11.3 Å². The molecule has 3 rings (SSSR count). The largest absolute Gasteiger partial charge is 0.383 e. The Morgan fingerprint density at radius 1 is 1.26 bits per heavy atom. The van der Waals surface area contributed by atoms with Gasteiger partial charge in [-0.25, -0.2) is 15.0 Å². The van der Waals surface area contributed by atoms with Crippen LogP contribution in [0.4, 0.5) is 17.3 Å². The van der Waals surface area contributed by atoms with Gasteiger partial charge in [0.2, 0.25) is 0 Å². The van der Waals surface area contributed by atoms with Gasteiger partial charge in [-0.3, -0.25) is 0 Å². The molecule has 0 unspecified atom stereocenters. The summed E-state index contributed by atoms with van der Waals surface area (Å²) in [6.07, 6.45) is 1.92. The quantitative estimate of drug-likeness (QED) is 0.570. The molecule has 0 aliphatic heterocycles. The third-order valence-corrected chi connectivity index (χ3v) is 3.85. The van der Waals surface area contributed by atoms with Gasteiger partial charge in [-0.1, -0.05) is 11.8 Å². The van der Waals surface area contributed by atoms with Crippen LogP contribution in [0.2, 0.25) is 0 Å². The van der Waals surface area contributed by atoms with Crippen LogP contribution in [0, 0.1) is 0 Å². The standard InChI is InChI=1S/C12H11N5S2/c1-18-12-16-10(13)5-11(17-12)15-7-2-3-8-9(4-7)19-6-14-8/h2-6H,1H3,(H3,13,15,16,17). The minimum atomic E-state index is 0.459. The highest BCUT2D eigenvalue weighted by Gasteiger charge is 2.04. The Kier molecular flexibility index (Phi) is 3.22. The normalized spacial score (nSPS) is 10.8. The van der Waals surface area contributed by atoms with Crippen LogP contribution < -0.4 is 11.1 Å². The van der Waals surface area contributed by atoms with Crippen molar-refractivity contribution in [2.75, 3.05) is 17.3 Å². The number of nitrogens with two attached hydrogens (primary N) is 1. The van der Waals surface area contributed by atoms with Crippen molar-refractivity contribution < 1.29 is 0 Å². The Morgan fingerprint density at radius 2 is 2.16 bits per heavy atom. The molecule has 0 amide bonds. The minimum Gasteiger partial charge on any atom is -0.383 e. The van der Waals surface area contributed by atoms with E-state index < -0.39 is 0 Å². The number of anilines is 3. The van der Waals surface area contributed by atoms with E-state index in [0.717, 1.165) is 15.9 Å². The average molecular weight is 289 g/mol. The third-order valence-electron chi connectivity index (χ3n) is 2.51. The average Bonchev–Trinajstić information content (AvgIpc) is 2.85. The second-order valence-corrected chi connectivity index (χ2v) is 5.48. The van der Waals surface area contributed by atoms with Gasteiger partial charge in [0.25, 0.3) is 0 Å². The maximum absolute atomic E-state index is 5.75. The zero-order chi connectivity index (χ0) is 13.2. The van der Waals surface area contributed by atoms with Crippen LogP contribution in [0.5, 0.6) is 0 Å². The monoisotopic (exact) mass is 289 g/mol. The second kappa shape index (κ2) is 5.02. The molecular formula is C12H11N5S2. The molecule has 96 valence electrons. The van der Waals surface area contributed by atoms with Crippen molar-refractivity contribution in [1.82, 2.24) is 15.0 Å². The maximum atomic E-state index is 5.75. The van der Waals surface area contributed by atoms with Crippen molar-refractivity contribution in [3.05, 3.63) is 29.8 Å². The summed E-state index contributed by atoms with van der Waals surface area (Å²) in [6.45, 7) is 0. The topological polar surface area (TPSA) is 76.7 Å². The molecule has 0 fully saturated rings. The predicted octanol–water partition coefficient (Wildman–Crippen LogP) is 3.13. The molecule has 0 atom stereocenters. The fourth-order valence-corrected chi connectivity index (χ4v) is 2.78. The van der Waals surface area contributed by atoms with Crippen LogP contribution >= 0.6 is 23.1 Å². The summed E-state index contributed by atoms with van der Waals surface area (Å²) in [6, 6.07) is 7.72. The molecule has 3 N–H and O–H groups in total. The molecule has 0 radical (unpaired) electrons. The van der Waals surface area contributed by atoms with Gasteiger partial charge >= 0.3 is 0 Å². The highest BCUT2D eigenvalue weighted by atomic mass is 32.2. The summed E-state index contributed by atoms with van der Waals surface area (Å²) in [7, 11) is 0. The van der Waals surface area contributed by atoms with Crippen LogP contribution in [0.3, 0.4) is 0 Å². The number of thioether (sulfide) groups is 1. The number of hydrogen-bond acceptors (Lipinski definition) is 7. The van der Waals surface area contributed by atoms with Crippen LogP contribution in [0.1, 0.15) is 0 Å². The Morgan fingerprint density at radius 3 is 3.00 bits per heavy atom. The number of benzene rings is 1. The number of hydrogen-bond donors (Lipinski definition) is 2. The first-order valence-electron chi connectivity index (χ1n) is 5.53. The van der Waals surface area contributed by atoms with E-state index in [1.54, 1.807) is 17.4 Å². The summed E-state index contributed by atoms with van der Waals surface area (Å²) in [5.41, 5.74) is 9.55. The highest BCUT2D eigenvalue weighted by Crippen LogP contribution is 2.24. The molecule has 0 saturated carbocycles. The van der Waals surface area contributed by atoms with E-state index in [9.17, 15) is 0 Å². The highest BCUT2D eigenvalue weighted by molar-refractivity contribution is 7.98. The van der Waals surface area contributed by atoms with Gasteiger partial charge in [0.05, 0.1) is 15.7 Å². The van der Waals surface area contributed by atoms with Gasteiger partial charge in [-0.05, 0) is 24.5 Å². The molecule has 2 aromatic heterocycles. The van der Waals surface area contributed by atoms with Crippen molar-refractivity contribution >= 4 is 50.6 Å². The lowest BCUT2D eigenvalue weighted by Gasteiger charge is -2.07. The van der Waals surface area contributed by atoms with Crippen molar-refractivity contribution in [1.29, 1.82) is 0 Å². The van der Waals surface area contributed by atoms with E-state index in [1.807, 2.05) is 30.0 Å². The number of nitrogen functional groups attached to an aromatic ring is 1. The van der Waals surface area contributed by atoms with Crippen LogP contribution in [0.15, 0.2) is 34.9 Å². The van der Waals surface area contributed by atoms with E-state index in [-0.39, 0.29) is 0 Å². The summed E-state index contributed by atoms with van der Waals surface area (Å²) < 4.78 is 1.14. The van der Waals surface area contributed by atoms with E-state index >= 15 is 0 Å². The van der Waals surface area contributed by atoms with E-state index in [0.29, 0.717) is 16.8 Å². The van der Waals surface area contributed by atoms with Gasteiger partial charge < -0.3 is 11.1 Å². The van der Waals surface area contributed by atoms with Crippen molar-refractivity contribution in [2.45, 2.75) is 5.16 Å². The minimum absolute atomic E-state index is 0.459. The van der Waals surface area contributed by atoms with Crippen molar-refractivity contribution in [2.24, 2.45) is 0 Å². The lowest BCUT2D eigenvalue weighted by atomic mass is 10.3. The smallest absolute Gasteiger partial charge is 0.191 e. The predicted molar refractivity (Wildman–Crippen MR) is 81.1 cm³/mol. The van der Waals surface area contributed by atoms with Gasteiger partial charge in [0.15, 0.2) is 5.16 Å². The zero-order valence-electron chi connectivity index (χ0n) is 10.1. The number of aromatic nitrogens is 3. The number of nitrogens with one attached hydrogen (secondary N) is 1. The first kappa shape index (κ1) is 12.2. The summed E-state index contributed by atoms with van der Waals surface area (Å²) in [4.78, 5) is 12.7. The Hall–Kier alpha value is -1.86. The Balaban J connectivity index is 1.93. The SMILES string of the molecule is CSc1nc(N)cc(Nc2ccc3ncsc3c2)n1. The fraction of sp³-hybridized carbons (Fsp3) is 0.0833. The number of thiazole rings is 1. The molecule has 5 nitrogen and oxygen atoms in total. The van der Waals surface area contributed by atoms with Gasteiger partial charge in [-0.2, -0.15) is 0 Å². The fourth-order valence-electron chi connectivity index (χ4n) is 1.68. The molecule has 3 aromatic rings. The van der Waals surface area contributed by atoms with E-state index in [4.69, 9.17) is 5.73 Å². The second-order valence-electron chi connectivity index (χ2n) is 3.82. The first-order chi connectivity index (χ1) is 9.24. The van der Waals surface area contributed by atoms with Crippen molar-refractivity contribution in [3.63, 3.8) is 0 Å². The molecule has 1 aromatic carbocycles. The van der Waals surface area contributed by atoms with Gasteiger partial charge in [0, 0.05) is 11.8 Å². The molecular weight excluding hydrogens is 278 g/mol. The lowest BCUT2D eigenvalue weighted by molar-refractivity contribution is 0.984. The molecule has 19 heavy (non-hydrogen) atoms. The molecule has 0 aliphatic carbocycles. The molecule has 2 heterocycles. The third kappa shape index (κ3) is 2.61. The van der Waals surface area contributed by atoms with Crippen LogP contribution in [-0.4, -0.2) is 21.2 Å². The molecule has 0 bridgehead atoms. The Labute approximate surface area is 118 Å². The molecule has 0 aliphatic rings. The zero-order valence-corrected chi connectivity index (χ0v) is 11.8. The molecule has 0 saturated heterocycles.